The molecule has 0 radical (unpaired) electrons. The molecular formula is C24H28ClN3O3. The molecule has 0 bridgehead atoms. The number of halogens is 1. The third-order valence-corrected chi connectivity index (χ3v) is 5.67. The van der Waals surface area contributed by atoms with Crippen molar-refractivity contribution in [1.29, 1.82) is 0 Å². The molecule has 0 atom stereocenters. The van der Waals surface area contributed by atoms with Gasteiger partial charge in [-0.25, -0.2) is 4.79 Å². The zero-order chi connectivity index (χ0) is 22.6. The number of carbonyl (C=O) groups excluding carboxylic acids is 2. The fourth-order valence-electron chi connectivity index (χ4n) is 3.47. The number of ether oxygens (including phenoxy) is 1. The van der Waals surface area contributed by atoms with Gasteiger partial charge in [-0.05, 0) is 50.6 Å². The lowest BCUT2D eigenvalue weighted by Gasteiger charge is -2.31. The zero-order valence-electron chi connectivity index (χ0n) is 18.1. The third kappa shape index (κ3) is 5.66. The number of hydrogen-bond acceptors (Lipinski definition) is 4. The van der Waals surface area contributed by atoms with Gasteiger partial charge >= 0.3 is 6.03 Å². The van der Waals surface area contributed by atoms with Crippen molar-refractivity contribution in [3.63, 3.8) is 0 Å². The van der Waals surface area contributed by atoms with Crippen molar-refractivity contribution in [3.05, 3.63) is 70.8 Å². The Balaban J connectivity index is 1.72. The number of carbonyl (C=O) groups is 2. The molecule has 2 aromatic rings. The quantitative estimate of drug-likeness (QED) is 0.625. The Bertz CT molecular complexity index is 997. The van der Waals surface area contributed by atoms with E-state index in [2.05, 4.69) is 22.1 Å². The Labute approximate surface area is 188 Å². The van der Waals surface area contributed by atoms with Gasteiger partial charge in [0.2, 0.25) is 0 Å². The molecule has 2 amide bonds. The predicted octanol–water partition coefficient (Wildman–Crippen LogP) is 4.90. The maximum absolute atomic E-state index is 12.7. The summed E-state index contributed by atoms with van der Waals surface area (Å²) in [6, 6.07) is 12.2. The van der Waals surface area contributed by atoms with Gasteiger partial charge in [-0.2, -0.15) is 0 Å². The Hall–Kier alpha value is -2.83. The van der Waals surface area contributed by atoms with Crippen LogP contribution in [-0.2, 0) is 10.3 Å². The number of hydrogen-bond donors (Lipinski definition) is 2. The number of amides is 2. The van der Waals surface area contributed by atoms with Crippen molar-refractivity contribution in [2.45, 2.75) is 26.3 Å². The molecule has 1 heterocycles. The number of rotatable bonds is 6. The maximum Gasteiger partial charge on any atom is 0.319 e. The average molecular weight is 442 g/mol. The zero-order valence-corrected chi connectivity index (χ0v) is 18.9. The highest BCUT2D eigenvalue weighted by Crippen LogP contribution is 2.29. The van der Waals surface area contributed by atoms with Crippen LogP contribution in [0.4, 0.5) is 10.5 Å². The van der Waals surface area contributed by atoms with Gasteiger partial charge in [0, 0.05) is 40.6 Å². The van der Waals surface area contributed by atoms with Crippen LogP contribution >= 0.6 is 11.6 Å². The van der Waals surface area contributed by atoms with E-state index in [-0.39, 0.29) is 11.8 Å². The summed E-state index contributed by atoms with van der Waals surface area (Å²) in [7, 11) is 0. The number of anilines is 1. The van der Waals surface area contributed by atoms with Gasteiger partial charge in [-0.1, -0.05) is 36.4 Å². The number of benzene rings is 2. The highest BCUT2D eigenvalue weighted by atomic mass is 35.5. The highest BCUT2D eigenvalue weighted by molar-refractivity contribution is 6.32. The molecule has 3 rings (SSSR count). The first-order chi connectivity index (χ1) is 14.7. The van der Waals surface area contributed by atoms with E-state index in [1.54, 1.807) is 24.3 Å². The second kappa shape index (κ2) is 9.54. The van der Waals surface area contributed by atoms with Crippen molar-refractivity contribution in [2.24, 2.45) is 0 Å². The van der Waals surface area contributed by atoms with Crippen LogP contribution in [0.25, 0.3) is 5.70 Å². The molecule has 7 heteroatoms. The number of nitrogens with one attached hydrogen (secondary N) is 2. The average Bonchev–Trinajstić information content (AvgIpc) is 2.75. The number of morpholine rings is 1. The molecule has 2 N–H and O–H groups in total. The smallest absolute Gasteiger partial charge is 0.319 e. The summed E-state index contributed by atoms with van der Waals surface area (Å²) in [4.78, 5) is 26.5. The molecule has 1 fully saturated rings. The molecule has 1 aliphatic heterocycles. The van der Waals surface area contributed by atoms with E-state index >= 15 is 0 Å². The molecule has 0 aromatic heterocycles. The van der Waals surface area contributed by atoms with E-state index in [4.69, 9.17) is 16.3 Å². The van der Waals surface area contributed by atoms with Gasteiger partial charge in [0.1, 0.15) is 0 Å². The SMILES string of the molecule is C=C(c1cc(NC(=O)NC(C)(C)c2cccc(C(C)=O)c2)ccc1Cl)N1CCOCC1. The van der Waals surface area contributed by atoms with Crippen LogP contribution in [0.3, 0.4) is 0 Å². The van der Waals surface area contributed by atoms with Crippen LogP contribution < -0.4 is 10.6 Å². The summed E-state index contributed by atoms with van der Waals surface area (Å²) in [5.41, 5.74) is 2.96. The van der Waals surface area contributed by atoms with Crippen LogP contribution in [0.1, 0.15) is 42.3 Å². The van der Waals surface area contributed by atoms with Crippen LogP contribution in [0.15, 0.2) is 49.0 Å². The maximum atomic E-state index is 12.7. The minimum Gasteiger partial charge on any atom is -0.378 e. The third-order valence-electron chi connectivity index (χ3n) is 5.34. The second-order valence-corrected chi connectivity index (χ2v) is 8.49. The van der Waals surface area contributed by atoms with Gasteiger partial charge < -0.3 is 20.3 Å². The first kappa shape index (κ1) is 22.8. The molecule has 0 aliphatic carbocycles. The van der Waals surface area contributed by atoms with Crippen LogP contribution in [0.2, 0.25) is 5.02 Å². The van der Waals surface area contributed by atoms with E-state index in [1.165, 1.54) is 6.92 Å². The van der Waals surface area contributed by atoms with Crippen molar-refractivity contribution >= 4 is 34.8 Å². The summed E-state index contributed by atoms with van der Waals surface area (Å²) >= 11 is 6.40. The van der Waals surface area contributed by atoms with E-state index in [0.29, 0.717) is 29.5 Å². The highest BCUT2D eigenvalue weighted by Gasteiger charge is 2.24. The van der Waals surface area contributed by atoms with Crippen LogP contribution in [0.5, 0.6) is 0 Å². The molecule has 0 unspecified atom stereocenters. The molecule has 6 nitrogen and oxygen atoms in total. The minimum absolute atomic E-state index is 0.0173. The van der Waals surface area contributed by atoms with Crippen molar-refractivity contribution in [2.75, 3.05) is 31.6 Å². The molecular weight excluding hydrogens is 414 g/mol. The first-order valence-electron chi connectivity index (χ1n) is 10.2. The second-order valence-electron chi connectivity index (χ2n) is 8.08. The lowest BCUT2D eigenvalue weighted by Crippen LogP contribution is -2.43. The van der Waals surface area contributed by atoms with Crippen LogP contribution in [-0.4, -0.2) is 43.0 Å². The summed E-state index contributed by atoms with van der Waals surface area (Å²) in [5.74, 6) is -0.0173. The lowest BCUT2D eigenvalue weighted by molar-refractivity contribution is 0.0641. The van der Waals surface area contributed by atoms with Gasteiger partial charge in [0.15, 0.2) is 5.78 Å². The van der Waals surface area contributed by atoms with Gasteiger partial charge in [0.05, 0.1) is 18.8 Å². The Morgan fingerprint density at radius 3 is 2.52 bits per heavy atom. The van der Waals surface area contributed by atoms with E-state index < -0.39 is 5.54 Å². The normalized spacial score (nSPS) is 14.1. The molecule has 31 heavy (non-hydrogen) atoms. The number of nitrogens with zero attached hydrogens (tertiary/aromatic N) is 1. The molecule has 2 aromatic carbocycles. The summed E-state index contributed by atoms with van der Waals surface area (Å²) in [5, 5.41) is 6.41. The monoisotopic (exact) mass is 441 g/mol. The fraction of sp³-hybridized carbons (Fsp3) is 0.333. The van der Waals surface area contributed by atoms with Crippen molar-refractivity contribution in [1.82, 2.24) is 10.2 Å². The van der Waals surface area contributed by atoms with Crippen molar-refractivity contribution in [3.8, 4) is 0 Å². The molecule has 164 valence electrons. The molecule has 1 saturated heterocycles. The Morgan fingerprint density at radius 1 is 1.13 bits per heavy atom. The first-order valence-corrected chi connectivity index (χ1v) is 10.6. The largest absolute Gasteiger partial charge is 0.378 e. The Morgan fingerprint density at radius 2 is 1.84 bits per heavy atom. The van der Waals surface area contributed by atoms with Crippen molar-refractivity contribution < 1.29 is 14.3 Å². The fourth-order valence-corrected chi connectivity index (χ4v) is 3.70. The molecule has 0 saturated carbocycles. The van der Waals surface area contributed by atoms with Gasteiger partial charge in [0.25, 0.3) is 0 Å². The number of urea groups is 1. The van der Waals surface area contributed by atoms with E-state index in [0.717, 1.165) is 29.9 Å². The lowest BCUT2D eigenvalue weighted by atomic mass is 9.92. The molecule has 1 aliphatic rings. The predicted molar refractivity (Wildman–Crippen MR) is 125 cm³/mol. The molecule has 0 spiro atoms. The number of Topliss-reactive ketones (excluding diaryl/α,β-unsaturated/α-hetero) is 1. The standard InChI is InChI=1S/C24H28ClN3O3/c1-16(28-10-12-31-13-11-28)21-15-20(8-9-22(21)25)26-23(30)27-24(3,4)19-7-5-6-18(14-19)17(2)29/h5-9,14-15H,1,10-13H2,2-4H3,(H2,26,27,30). The Kier molecular flexibility index (Phi) is 7.03. The van der Waals surface area contributed by atoms with Gasteiger partial charge in [-0.15, -0.1) is 0 Å². The van der Waals surface area contributed by atoms with Gasteiger partial charge in [-0.3, -0.25) is 4.79 Å². The summed E-state index contributed by atoms with van der Waals surface area (Å²) in [6.45, 7) is 12.3. The number of ketones is 1. The topological polar surface area (TPSA) is 70.7 Å². The summed E-state index contributed by atoms with van der Waals surface area (Å²) in [6.07, 6.45) is 0. The minimum atomic E-state index is -0.678. The van der Waals surface area contributed by atoms with Crippen LogP contribution in [0, 0.1) is 0 Å². The summed E-state index contributed by atoms with van der Waals surface area (Å²) < 4.78 is 5.40. The van der Waals surface area contributed by atoms with E-state index in [9.17, 15) is 9.59 Å². The van der Waals surface area contributed by atoms with E-state index in [1.807, 2.05) is 32.0 Å².